The number of nitrogens with one attached hydrogen (secondary N) is 1. The van der Waals surface area contributed by atoms with Crippen molar-refractivity contribution in [2.24, 2.45) is 4.99 Å². The summed E-state index contributed by atoms with van der Waals surface area (Å²) >= 11 is 3.57. The Bertz CT molecular complexity index is 1410. The van der Waals surface area contributed by atoms with Gasteiger partial charge in [0.25, 0.3) is 5.91 Å². The Morgan fingerprint density at radius 1 is 1.12 bits per heavy atom. The number of methoxy groups -OCH3 is 1. The van der Waals surface area contributed by atoms with Crippen molar-refractivity contribution in [2.75, 3.05) is 26.0 Å². The highest BCUT2D eigenvalue weighted by Gasteiger charge is 2.19. The molecule has 1 aliphatic heterocycles. The number of ether oxygens (including phenoxy) is 1. The zero-order valence-corrected chi connectivity index (χ0v) is 18.9. The second-order valence-corrected chi connectivity index (χ2v) is 8.05. The molecule has 9 nitrogen and oxygen atoms in total. The third-order valence-corrected chi connectivity index (χ3v) is 5.65. The van der Waals surface area contributed by atoms with Crippen LogP contribution in [0.15, 0.2) is 63.8 Å². The summed E-state index contributed by atoms with van der Waals surface area (Å²) in [5.41, 5.74) is 2.44. The molecule has 0 spiro atoms. The van der Waals surface area contributed by atoms with E-state index in [0.717, 1.165) is 21.2 Å². The molecule has 1 N–H and O–H groups in total. The van der Waals surface area contributed by atoms with Crippen LogP contribution in [0.25, 0.3) is 27.9 Å². The molecule has 10 heteroatoms. The third kappa shape index (κ3) is 3.58. The lowest BCUT2D eigenvalue weighted by Crippen LogP contribution is -2.17. The first kappa shape index (κ1) is 20.1. The average Bonchev–Trinajstić information content (AvgIpc) is 3.18. The van der Waals surface area contributed by atoms with Crippen LogP contribution in [0, 0.1) is 0 Å². The van der Waals surface area contributed by atoms with Crippen LogP contribution in [-0.4, -0.2) is 57.3 Å². The van der Waals surface area contributed by atoms with Crippen molar-refractivity contribution in [3.8, 4) is 17.1 Å². The zero-order valence-electron chi connectivity index (χ0n) is 17.3. The number of nitrogens with zero attached hydrogens (tertiary/aromatic N) is 6. The molecule has 0 radical (unpaired) electrons. The van der Waals surface area contributed by atoms with E-state index < -0.39 is 0 Å². The maximum absolute atomic E-state index is 12.5. The lowest BCUT2D eigenvalue weighted by molar-refractivity contribution is -0.114. The van der Waals surface area contributed by atoms with E-state index >= 15 is 0 Å². The predicted molar refractivity (Wildman–Crippen MR) is 126 cm³/mol. The molecule has 0 bridgehead atoms. The van der Waals surface area contributed by atoms with Gasteiger partial charge in [-0.2, -0.15) is 4.52 Å². The van der Waals surface area contributed by atoms with Gasteiger partial charge < -0.3 is 15.0 Å². The van der Waals surface area contributed by atoms with Gasteiger partial charge >= 0.3 is 0 Å². The number of aromatic nitrogens is 4. The van der Waals surface area contributed by atoms with E-state index in [-0.39, 0.29) is 5.91 Å². The van der Waals surface area contributed by atoms with Gasteiger partial charge in [-0.3, -0.25) is 4.79 Å². The Balaban J connectivity index is 1.70. The minimum absolute atomic E-state index is 0.294. The van der Waals surface area contributed by atoms with Crippen molar-refractivity contribution in [2.45, 2.75) is 0 Å². The molecule has 1 aliphatic rings. The summed E-state index contributed by atoms with van der Waals surface area (Å²) in [6, 6.07) is 13.3. The molecule has 0 saturated heterocycles. The van der Waals surface area contributed by atoms with Gasteiger partial charge in [-0.25, -0.2) is 15.0 Å². The maximum Gasteiger partial charge on any atom is 0.294 e. The number of amides is 1. The van der Waals surface area contributed by atoms with Gasteiger partial charge in [-0.1, -0.05) is 6.07 Å². The maximum atomic E-state index is 12.5. The van der Waals surface area contributed by atoms with Crippen LogP contribution in [0.1, 0.15) is 0 Å². The van der Waals surface area contributed by atoms with Crippen molar-refractivity contribution in [3.05, 3.63) is 58.8 Å². The normalized spacial score (nSPS) is 14.0. The van der Waals surface area contributed by atoms with Gasteiger partial charge in [0.1, 0.15) is 11.4 Å². The van der Waals surface area contributed by atoms with E-state index in [1.165, 1.54) is 0 Å². The number of aliphatic imine (C=N–C) groups is 1. The molecule has 4 aromatic rings. The molecular weight excluding hydrogens is 474 g/mol. The SMILES string of the molecule is COc1ccc(-c2nc3c4cccc(Br)c4nc(NC4=CN(C)CC=NC4=O)n3n2)cc1. The third-order valence-electron chi connectivity index (χ3n) is 5.01. The lowest BCUT2D eigenvalue weighted by atomic mass is 10.2. The van der Waals surface area contributed by atoms with E-state index in [1.807, 2.05) is 54.4 Å². The molecule has 2 aromatic heterocycles. The van der Waals surface area contributed by atoms with E-state index in [4.69, 9.17) is 14.7 Å². The number of carbonyl (C=O) groups is 1. The molecule has 0 aliphatic carbocycles. The van der Waals surface area contributed by atoms with Crippen molar-refractivity contribution in [3.63, 3.8) is 0 Å². The minimum atomic E-state index is -0.382. The summed E-state index contributed by atoms with van der Waals surface area (Å²) in [5.74, 6) is 1.25. The second-order valence-electron chi connectivity index (χ2n) is 7.19. The van der Waals surface area contributed by atoms with E-state index in [9.17, 15) is 4.79 Å². The van der Waals surface area contributed by atoms with E-state index in [2.05, 4.69) is 31.3 Å². The molecule has 0 atom stereocenters. The number of fused-ring (bicyclic) bond motifs is 3. The molecule has 3 heterocycles. The topological polar surface area (TPSA) is 97.0 Å². The molecule has 0 fully saturated rings. The molecule has 32 heavy (non-hydrogen) atoms. The first-order valence-electron chi connectivity index (χ1n) is 9.79. The molecule has 1 amide bonds. The van der Waals surface area contributed by atoms with Crippen LogP contribution in [-0.2, 0) is 4.79 Å². The quantitative estimate of drug-likeness (QED) is 0.466. The van der Waals surface area contributed by atoms with Crippen molar-refractivity contribution >= 4 is 50.6 Å². The number of hydrogen-bond donors (Lipinski definition) is 1. The van der Waals surface area contributed by atoms with Crippen molar-refractivity contribution < 1.29 is 9.53 Å². The van der Waals surface area contributed by atoms with Crippen LogP contribution in [0.5, 0.6) is 5.75 Å². The summed E-state index contributed by atoms with van der Waals surface area (Å²) in [6.07, 6.45) is 3.28. The van der Waals surface area contributed by atoms with E-state index in [1.54, 1.807) is 24.0 Å². The van der Waals surface area contributed by atoms with Crippen LogP contribution >= 0.6 is 15.9 Å². The first-order chi connectivity index (χ1) is 15.5. The monoisotopic (exact) mass is 491 g/mol. The van der Waals surface area contributed by atoms with Crippen LogP contribution in [0.4, 0.5) is 5.95 Å². The highest BCUT2D eigenvalue weighted by atomic mass is 79.9. The van der Waals surface area contributed by atoms with Crippen molar-refractivity contribution in [1.82, 2.24) is 24.5 Å². The number of rotatable bonds is 4. The second kappa shape index (κ2) is 8.04. The first-order valence-corrected chi connectivity index (χ1v) is 10.6. The highest BCUT2D eigenvalue weighted by Crippen LogP contribution is 2.29. The molecule has 0 unspecified atom stereocenters. The highest BCUT2D eigenvalue weighted by molar-refractivity contribution is 9.10. The van der Waals surface area contributed by atoms with Gasteiger partial charge in [0, 0.05) is 34.9 Å². The van der Waals surface area contributed by atoms with Gasteiger partial charge in [-0.15, -0.1) is 5.10 Å². The zero-order chi connectivity index (χ0) is 22.2. The molecule has 0 saturated carbocycles. The number of para-hydroxylation sites is 1. The molecular formula is C22H18BrN7O2. The van der Waals surface area contributed by atoms with Crippen molar-refractivity contribution in [1.29, 1.82) is 0 Å². The van der Waals surface area contributed by atoms with Crippen LogP contribution < -0.4 is 10.1 Å². The van der Waals surface area contributed by atoms with Crippen LogP contribution in [0.3, 0.4) is 0 Å². The summed E-state index contributed by atoms with van der Waals surface area (Å²) in [4.78, 5) is 27.8. The fourth-order valence-electron chi connectivity index (χ4n) is 3.40. The standard InChI is InChI=1S/C22H18BrN7O2/c1-29-11-10-24-21(31)17(12-29)25-22-26-18-15(4-3-5-16(18)23)20-27-19(28-30(20)22)13-6-8-14(32-2)9-7-13/h3-10,12H,11H2,1-2H3,(H,25,26). The molecule has 160 valence electrons. The van der Waals surface area contributed by atoms with Gasteiger partial charge in [-0.05, 0) is 52.3 Å². The Kier molecular flexibility index (Phi) is 5.06. The fraction of sp³-hybridized carbons (Fsp3) is 0.136. The fourth-order valence-corrected chi connectivity index (χ4v) is 3.85. The molecule has 5 rings (SSSR count). The predicted octanol–water partition coefficient (Wildman–Crippen LogP) is 3.51. The van der Waals surface area contributed by atoms with Gasteiger partial charge in [0.15, 0.2) is 11.5 Å². The number of benzene rings is 2. The Morgan fingerprint density at radius 2 is 1.94 bits per heavy atom. The largest absolute Gasteiger partial charge is 0.497 e. The number of halogens is 1. The number of anilines is 1. The number of hydrogen-bond acceptors (Lipinski definition) is 7. The van der Waals surface area contributed by atoms with Gasteiger partial charge in [0.05, 0.1) is 19.2 Å². The summed E-state index contributed by atoms with van der Waals surface area (Å²) in [6.45, 7) is 0.536. The Labute approximate surface area is 191 Å². The minimum Gasteiger partial charge on any atom is -0.497 e. The van der Waals surface area contributed by atoms with Gasteiger partial charge in [0.2, 0.25) is 5.95 Å². The summed E-state index contributed by atoms with van der Waals surface area (Å²) < 4.78 is 7.66. The average molecular weight is 492 g/mol. The van der Waals surface area contributed by atoms with E-state index in [0.29, 0.717) is 35.2 Å². The Hall–Kier alpha value is -3.79. The lowest BCUT2D eigenvalue weighted by Gasteiger charge is -2.13. The van der Waals surface area contributed by atoms with Crippen LogP contribution in [0.2, 0.25) is 0 Å². The smallest absolute Gasteiger partial charge is 0.294 e. The Morgan fingerprint density at radius 3 is 2.72 bits per heavy atom. The number of carbonyl (C=O) groups excluding carboxylic acids is 1. The summed E-state index contributed by atoms with van der Waals surface area (Å²) in [5, 5.41) is 8.62. The molecule has 2 aromatic carbocycles. The summed E-state index contributed by atoms with van der Waals surface area (Å²) in [7, 11) is 3.49.